The lowest BCUT2D eigenvalue weighted by Crippen LogP contribution is -2.11. The lowest BCUT2D eigenvalue weighted by Gasteiger charge is -2.12. The predicted octanol–water partition coefficient (Wildman–Crippen LogP) is 7.89. The number of para-hydroxylation sites is 1. The number of nitrogens with zero attached hydrogens (tertiary/aromatic N) is 2. The lowest BCUT2D eigenvalue weighted by molar-refractivity contribution is -0.138. The quantitative estimate of drug-likeness (QED) is 0.203. The fraction of sp³-hybridized carbons (Fsp3) is 0.125. The number of hydrogen-bond donors (Lipinski definition) is 2. The predicted molar refractivity (Wildman–Crippen MR) is 152 cm³/mol. The lowest BCUT2D eigenvalue weighted by atomic mass is 10.1. The van der Waals surface area contributed by atoms with Crippen LogP contribution in [0.25, 0.3) is 38.4 Å². The number of hydrogen-bond acceptors (Lipinski definition) is 3. The number of aromatic carboxylic acids is 1. The molecule has 2 aromatic heterocycles. The number of carboxylic acids is 2. The van der Waals surface area contributed by atoms with Crippen molar-refractivity contribution in [3.05, 3.63) is 102 Å². The number of rotatable bonds is 7. The summed E-state index contributed by atoms with van der Waals surface area (Å²) in [5, 5.41) is 22.1. The highest BCUT2D eigenvalue weighted by Gasteiger charge is 2.30. The van der Waals surface area contributed by atoms with Gasteiger partial charge in [0.15, 0.2) is 0 Å². The fourth-order valence-corrected chi connectivity index (χ4v) is 5.60. The Morgan fingerprint density at radius 2 is 1.45 bits per heavy atom. The van der Waals surface area contributed by atoms with Crippen LogP contribution >= 0.6 is 0 Å². The molecule has 0 fully saturated rings. The topological polar surface area (TPSA) is 93.7 Å². The van der Waals surface area contributed by atoms with Crippen molar-refractivity contribution in [3.8, 4) is 17.2 Å². The van der Waals surface area contributed by atoms with Crippen LogP contribution in [0.4, 0.5) is 13.2 Å². The molecule has 2 N–H and O–H groups in total. The Morgan fingerprint density at radius 1 is 0.786 bits per heavy atom. The smallest absolute Gasteiger partial charge is 0.416 e. The molecule has 42 heavy (non-hydrogen) atoms. The van der Waals surface area contributed by atoms with Gasteiger partial charge in [0.25, 0.3) is 0 Å². The number of aliphatic carboxylic acids is 1. The van der Waals surface area contributed by atoms with Gasteiger partial charge in [0.1, 0.15) is 11.5 Å². The molecule has 0 unspecified atom stereocenters. The van der Waals surface area contributed by atoms with E-state index in [4.69, 9.17) is 4.74 Å². The van der Waals surface area contributed by atoms with Crippen LogP contribution in [0.2, 0.25) is 0 Å². The first-order chi connectivity index (χ1) is 20.1. The van der Waals surface area contributed by atoms with Crippen molar-refractivity contribution in [2.75, 3.05) is 0 Å². The van der Waals surface area contributed by atoms with E-state index in [1.165, 1.54) is 18.2 Å². The van der Waals surface area contributed by atoms with E-state index in [0.29, 0.717) is 11.2 Å². The molecule has 0 atom stereocenters. The van der Waals surface area contributed by atoms with Gasteiger partial charge < -0.3 is 24.1 Å². The van der Waals surface area contributed by atoms with Gasteiger partial charge in [0, 0.05) is 45.1 Å². The average molecular weight is 573 g/mol. The van der Waals surface area contributed by atoms with E-state index in [1.807, 2.05) is 49.4 Å². The third-order valence-electron chi connectivity index (χ3n) is 7.32. The maximum atomic E-state index is 13.0. The Labute approximate surface area is 236 Å². The van der Waals surface area contributed by atoms with Crippen LogP contribution in [0.3, 0.4) is 0 Å². The summed E-state index contributed by atoms with van der Waals surface area (Å²) in [6, 6.07) is 22.4. The molecule has 0 aliphatic rings. The third kappa shape index (κ3) is 4.50. The number of carboxylic acid groups (broad SMARTS) is 2. The molecule has 6 rings (SSSR count). The van der Waals surface area contributed by atoms with Crippen molar-refractivity contribution in [1.29, 1.82) is 0 Å². The van der Waals surface area contributed by atoms with Crippen molar-refractivity contribution in [2.45, 2.75) is 26.1 Å². The monoisotopic (exact) mass is 572 g/mol. The zero-order valence-corrected chi connectivity index (χ0v) is 22.1. The Bertz CT molecular complexity index is 2020. The minimum Gasteiger partial charge on any atom is -0.481 e. The number of aromatic nitrogens is 2. The highest BCUT2D eigenvalue weighted by Crippen LogP contribution is 2.37. The zero-order chi connectivity index (χ0) is 29.8. The van der Waals surface area contributed by atoms with E-state index in [9.17, 15) is 33.0 Å². The SMILES string of the molecule is CCn1c2ccccc2c2cc(-n3c(CC(=O)O)c(C(=O)O)c4cc(Oc5ccc(C(F)(F)F)cc5)ccc43)ccc21. The number of halogens is 3. The van der Waals surface area contributed by atoms with Crippen LogP contribution < -0.4 is 4.74 Å². The molecular formula is C32H23F3N2O5. The molecule has 0 radical (unpaired) electrons. The van der Waals surface area contributed by atoms with Gasteiger partial charge >= 0.3 is 18.1 Å². The molecule has 0 aliphatic carbocycles. The van der Waals surface area contributed by atoms with Crippen molar-refractivity contribution < 1.29 is 37.7 Å². The first kappa shape index (κ1) is 26.9. The van der Waals surface area contributed by atoms with E-state index in [1.54, 1.807) is 16.7 Å². The molecule has 0 amide bonds. The summed E-state index contributed by atoms with van der Waals surface area (Å²) in [5.41, 5.74) is 2.13. The molecule has 2 heterocycles. The van der Waals surface area contributed by atoms with Gasteiger partial charge in [-0.15, -0.1) is 0 Å². The molecule has 0 spiro atoms. The maximum Gasteiger partial charge on any atom is 0.416 e. The van der Waals surface area contributed by atoms with Crippen molar-refractivity contribution in [2.24, 2.45) is 0 Å². The molecule has 4 aromatic carbocycles. The number of benzene rings is 4. The molecule has 0 aliphatic heterocycles. The van der Waals surface area contributed by atoms with Crippen LogP contribution in [0.5, 0.6) is 11.5 Å². The summed E-state index contributed by atoms with van der Waals surface area (Å²) in [5.74, 6) is -2.20. The number of alkyl halides is 3. The third-order valence-corrected chi connectivity index (χ3v) is 7.32. The van der Waals surface area contributed by atoms with Gasteiger partial charge in [-0.25, -0.2) is 4.79 Å². The Kier molecular flexibility index (Phi) is 6.41. The molecule has 7 nitrogen and oxygen atoms in total. The number of carbonyl (C=O) groups is 2. The highest BCUT2D eigenvalue weighted by molar-refractivity contribution is 6.10. The number of fused-ring (bicyclic) bond motifs is 4. The van der Waals surface area contributed by atoms with E-state index < -0.39 is 30.1 Å². The minimum atomic E-state index is -4.49. The highest BCUT2D eigenvalue weighted by atomic mass is 19.4. The van der Waals surface area contributed by atoms with Crippen LogP contribution in [0.1, 0.15) is 28.5 Å². The van der Waals surface area contributed by atoms with E-state index in [-0.39, 0.29) is 28.1 Å². The van der Waals surface area contributed by atoms with E-state index in [0.717, 1.165) is 40.5 Å². The second-order valence-electron chi connectivity index (χ2n) is 9.80. The number of aryl methyl sites for hydroxylation is 1. The van der Waals surface area contributed by atoms with E-state index in [2.05, 4.69) is 4.57 Å². The molecule has 0 bridgehead atoms. The first-order valence-electron chi connectivity index (χ1n) is 13.1. The summed E-state index contributed by atoms with van der Waals surface area (Å²) in [7, 11) is 0. The van der Waals surface area contributed by atoms with Crippen LogP contribution in [-0.4, -0.2) is 31.3 Å². The molecule has 10 heteroatoms. The summed E-state index contributed by atoms with van der Waals surface area (Å²) in [6.45, 7) is 2.79. The van der Waals surface area contributed by atoms with E-state index >= 15 is 0 Å². The fourth-order valence-electron chi connectivity index (χ4n) is 5.60. The largest absolute Gasteiger partial charge is 0.481 e. The normalized spacial score (nSPS) is 11.9. The van der Waals surface area contributed by atoms with Gasteiger partial charge in [-0.3, -0.25) is 4.79 Å². The average Bonchev–Trinajstić information content (AvgIpc) is 3.43. The maximum absolute atomic E-state index is 13.0. The van der Waals surface area contributed by atoms with Gasteiger partial charge in [-0.2, -0.15) is 13.2 Å². The molecular weight excluding hydrogens is 549 g/mol. The Morgan fingerprint density at radius 3 is 2.12 bits per heavy atom. The Balaban J connectivity index is 1.53. The van der Waals surface area contributed by atoms with Gasteiger partial charge in [0.05, 0.1) is 23.1 Å². The molecule has 6 aromatic rings. The number of ether oxygens (including phenoxy) is 1. The van der Waals surface area contributed by atoms with Gasteiger partial charge in [-0.05, 0) is 73.7 Å². The Hall–Kier alpha value is -5.25. The van der Waals surface area contributed by atoms with Crippen molar-refractivity contribution in [1.82, 2.24) is 9.13 Å². The second-order valence-corrected chi connectivity index (χ2v) is 9.80. The van der Waals surface area contributed by atoms with Crippen LogP contribution in [-0.2, 0) is 23.9 Å². The van der Waals surface area contributed by atoms with Gasteiger partial charge in [0.2, 0.25) is 0 Å². The van der Waals surface area contributed by atoms with Crippen LogP contribution in [0.15, 0.2) is 84.9 Å². The van der Waals surface area contributed by atoms with Crippen molar-refractivity contribution in [3.63, 3.8) is 0 Å². The molecule has 0 saturated heterocycles. The van der Waals surface area contributed by atoms with Crippen LogP contribution in [0, 0.1) is 0 Å². The molecule has 212 valence electrons. The summed E-state index contributed by atoms with van der Waals surface area (Å²) >= 11 is 0. The summed E-state index contributed by atoms with van der Waals surface area (Å²) < 4.78 is 48.4. The summed E-state index contributed by atoms with van der Waals surface area (Å²) in [4.78, 5) is 24.5. The zero-order valence-electron chi connectivity index (χ0n) is 22.1. The summed E-state index contributed by atoms with van der Waals surface area (Å²) in [6.07, 6.45) is -5.05. The second kappa shape index (κ2) is 9.99. The molecule has 0 saturated carbocycles. The first-order valence-corrected chi connectivity index (χ1v) is 13.1. The van der Waals surface area contributed by atoms with Gasteiger partial charge in [-0.1, -0.05) is 18.2 Å². The van der Waals surface area contributed by atoms with Crippen molar-refractivity contribution >= 4 is 44.6 Å². The standard InChI is InChI=1S/C32H23F3N2O5/c1-2-36-25-6-4-3-5-22(25)23-15-19(9-13-26(23)36)37-27-14-12-21(42-20-10-7-18(8-11-20)32(33,34)35)16-24(27)30(31(40)41)28(37)17-29(38)39/h3-16H,2,17H2,1H3,(H,38,39)(H,40,41). The minimum absolute atomic E-state index is 0.0789.